The number of likely N-dealkylation sites (tertiary alicyclic amines) is 2. The Morgan fingerprint density at radius 1 is 1.00 bits per heavy atom. The Labute approximate surface area is 124 Å². The van der Waals surface area contributed by atoms with Crippen molar-refractivity contribution in [2.45, 2.75) is 51.0 Å². The lowest BCUT2D eigenvalue weighted by Crippen LogP contribution is -2.52. The van der Waals surface area contributed by atoms with Crippen LogP contribution in [0.2, 0.25) is 0 Å². The number of piperidine rings is 2. The van der Waals surface area contributed by atoms with E-state index in [0.717, 1.165) is 32.5 Å². The molecule has 1 N–H and O–H groups in total. The van der Waals surface area contributed by atoms with Crippen LogP contribution < -0.4 is 5.32 Å². The fourth-order valence-electron chi connectivity index (χ4n) is 3.53. The maximum atomic E-state index is 9.37. The van der Waals surface area contributed by atoms with E-state index in [1.54, 1.807) is 0 Å². The molecular weight excluding hydrogens is 248 g/mol. The predicted molar refractivity (Wildman–Crippen MR) is 82.6 cm³/mol. The van der Waals surface area contributed by atoms with Crippen LogP contribution in [0.25, 0.3) is 0 Å². The third-order valence-corrected chi connectivity index (χ3v) is 4.84. The number of hydrogen-bond donors (Lipinski definition) is 1. The van der Waals surface area contributed by atoms with Crippen molar-refractivity contribution in [3.05, 3.63) is 0 Å². The summed E-state index contributed by atoms with van der Waals surface area (Å²) in [5, 5.41) is 12.7. The van der Waals surface area contributed by atoms with E-state index < -0.39 is 0 Å². The number of nitrogens with one attached hydrogen (secondary N) is 1. The molecular formula is C16H30N4. The van der Waals surface area contributed by atoms with Crippen molar-refractivity contribution in [2.75, 3.05) is 45.8 Å². The van der Waals surface area contributed by atoms with Crippen molar-refractivity contribution in [2.24, 2.45) is 0 Å². The summed E-state index contributed by atoms with van der Waals surface area (Å²) in [6.07, 6.45) is 7.42. The first-order valence-corrected chi connectivity index (χ1v) is 8.39. The molecule has 114 valence electrons. The third kappa shape index (κ3) is 4.44. The van der Waals surface area contributed by atoms with E-state index in [-0.39, 0.29) is 5.54 Å². The molecule has 0 aromatic rings. The standard InChI is InChI=1S/C16H30N4/c1-2-18-16(15-17)7-13-20(14-8-16)12-6-11-19-9-4-3-5-10-19/h18H,2-14H2,1H3. The molecule has 20 heavy (non-hydrogen) atoms. The van der Waals surface area contributed by atoms with Crippen molar-refractivity contribution < 1.29 is 0 Å². The van der Waals surface area contributed by atoms with Crippen LogP contribution in [0.1, 0.15) is 45.4 Å². The Balaban J connectivity index is 1.63. The summed E-state index contributed by atoms with van der Waals surface area (Å²) >= 11 is 0. The second-order valence-corrected chi connectivity index (χ2v) is 6.32. The van der Waals surface area contributed by atoms with E-state index in [1.807, 2.05) is 0 Å². The molecule has 4 nitrogen and oxygen atoms in total. The maximum absolute atomic E-state index is 9.37. The van der Waals surface area contributed by atoms with Crippen LogP contribution in [0.3, 0.4) is 0 Å². The molecule has 0 unspecified atom stereocenters. The van der Waals surface area contributed by atoms with E-state index >= 15 is 0 Å². The van der Waals surface area contributed by atoms with E-state index in [9.17, 15) is 5.26 Å². The first-order valence-electron chi connectivity index (χ1n) is 8.39. The van der Waals surface area contributed by atoms with Crippen LogP contribution in [0.5, 0.6) is 0 Å². The summed E-state index contributed by atoms with van der Waals surface area (Å²) in [4.78, 5) is 5.16. The Kier molecular flexibility index (Phi) is 6.28. The van der Waals surface area contributed by atoms with Crippen LogP contribution in [-0.2, 0) is 0 Å². The highest BCUT2D eigenvalue weighted by atomic mass is 15.2. The molecule has 0 aliphatic carbocycles. The van der Waals surface area contributed by atoms with Crippen LogP contribution >= 0.6 is 0 Å². The highest BCUT2D eigenvalue weighted by Crippen LogP contribution is 2.21. The molecule has 0 atom stereocenters. The van der Waals surface area contributed by atoms with Crippen LogP contribution in [-0.4, -0.2) is 61.2 Å². The average Bonchev–Trinajstić information content (AvgIpc) is 2.50. The fraction of sp³-hybridized carbons (Fsp3) is 0.938. The first kappa shape index (κ1) is 15.8. The van der Waals surface area contributed by atoms with Gasteiger partial charge >= 0.3 is 0 Å². The van der Waals surface area contributed by atoms with E-state index in [0.29, 0.717) is 0 Å². The summed E-state index contributed by atoms with van der Waals surface area (Å²) in [6, 6.07) is 2.50. The van der Waals surface area contributed by atoms with Crippen LogP contribution in [0.4, 0.5) is 0 Å². The van der Waals surface area contributed by atoms with Gasteiger partial charge in [-0.1, -0.05) is 13.3 Å². The topological polar surface area (TPSA) is 42.3 Å². The normalized spacial score (nSPS) is 24.4. The van der Waals surface area contributed by atoms with Crippen molar-refractivity contribution in [1.82, 2.24) is 15.1 Å². The monoisotopic (exact) mass is 278 g/mol. The van der Waals surface area contributed by atoms with Gasteiger partial charge in [0.15, 0.2) is 0 Å². The molecule has 0 aromatic heterocycles. The van der Waals surface area contributed by atoms with Crippen molar-refractivity contribution in [3.8, 4) is 6.07 Å². The molecule has 0 amide bonds. The smallest absolute Gasteiger partial charge is 0.109 e. The molecule has 0 radical (unpaired) electrons. The minimum absolute atomic E-state index is 0.252. The van der Waals surface area contributed by atoms with Gasteiger partial charge in [-0.15, -0.1) is 0 Å². The molecule has 2 saturated heterocycles. The Morgan fingerprint density at radius 2 is 1.60 bits per heavy atom. The highest BCUT2D eigenvalue weighted by molar-refractivity contribution is 5.09. The van der Waals surface area contributed by atoms with E-state index in [2.05, 4.69) is 28.1 Å². The van der Waals surface area contributed by atoms with E-state index in [1.165, 1.54) is 51.9 Å². The molecule has 2 fully saturated rings. The highest BCUT2D eigenvalue weighted by Gasteiger charge is 2.33. The molecule has 2 heterocycles. The van der Waals surface area contributed by atoms with Gasteiger partial charge in [0.25, 0.3) is 0 Å². The SMILES string of the molecule is CCNC1(C#N)CCN(CCCN2CCCCC2)CC1. The Hall–Kier alpha value is -0.630. The zero-order chi connectivity index (χ0) is 14.3. The van der Waals surface area contributed by atoms with Gasteiger partial charge in [-0.3, -0.25) is 5.32 Å². The molecule has 2 aliphatic rings. The first-order chi connectivity index (χ1) is 9.78. The van der Waals surface area contributed by atoms with E-state index in [4.69, 9.17) is 0 Å². The van der Waals surface area contributed by atoms with Gasteiger partial charge in [0.1, 0.15) is 5.54 Å². The quantitative estimate of drug-likeness (QED) is 0.805. The lowest BCUT2D eigenvalue weighted by molar-refractivity contribution is 0.153. The molecule has 2 rings (SSSR count). The zero-order valence-corrected chi connectivity index (χ0v) is 13.0. The molecule has 0 bridgehead atoms. The summed E-state index contributed by atoms with van der Waals surface area (Å²) in [7, 11) is 0. The Bertz CT molecular complexity index is 309. The molecule has 0 aromatic carbocycles. The van der Waals surface area contributed by atoms with Gasteiger partial charge in [0.05, 0.1) is 6.07 Å². The van der Waals surface area contributed by atoms with Crippen molar-refractivity contribution in [3.63, 3.8) is 0 Å². The lowest BCUT2D eigenvalue weighted by atomic mass is 9.89. The van der Waals surface area contributed by atoms with Gasteiger partial charge in [-0.2, -0.15) is 5.26 Å². The van der Waals surface area contributed by atoms with Gasteiger partial charge < -0.3 is 9.80 Å². The average molecular weight is 278 g/mol. The summed E-state index contributed by atoms with van der Waals surface area (Å²) in [5.41, 5.74) is -0.252. The molecule has 0 spiro atoms. The Morgan fingerprint density at radius 3 is 2.15 bits per heavy atom. The van der Waals surface area contributed by atoms with Crippen molar-refractivity contribution >= 4 is 0 Å². The summed E-state index contributed by atoms with van der Waals surface area (Å²) in [5.74, 6) is 0. The largest absolute Gasteiger partial charge is 0.303 e. The van der Waals surface area contributed by atoms with Gasteiger partial charge in [0.2, 0.25) is 0 Å². The maximum Gasteiger partial charge on any atom is 0.109 e. The molecule has 4 heteroatoms. The number of nitriles is 1. The zero-order valence-electron chi connectivity index (χ0n) is 13.0. The van der Waals surface area contributed by atoms with Crippen molar-refractivity contribution in [1.29, 1.82) is 5.26 Å². The van der Waals surface area contributed by atoms with Gasteiger partial charge in [-0.25, -0.2) is 0 Å². The number of hydrogen-bond acceptors (Lipinski definition) is 4. The molecule has 2 aliphatic heterocycles. The number of rotatable bonds is 6. The van der Waals surface area contributed by atoms with Gasteiger partial charge in [0, 0.05) is 13.1 Å². The molecule has 0 saturated carbocycles. The minimum atomic E-state index is -0.252. The summed E-state index contributed by atoms with van der Waals surface area (Å²) < 4.78 is 0. The van der Waals surface area contributed by atoms with Gasteiger partial charge in [-0.05, 0) is 64.8 Å². The van der Waals surface area contributed by atoms with Crippen LogP contribution in [0, 0.1) is 11.3 Å². The fourth-order valence-corrected chi connectivity index (χ4v) is 3.53. The second kappa shape index (κ2) is 7.97. The third-order valence-electron chi connectivity index (χ3n) is 4.84. The summed E-state index contributed by atoms with van der Waals surface area (Å²) in [6.45, 7) is 10.2. The minimum Gasteiger partial charge on any atom is -0.303 e. The second-order valence-electron chi connectivity index (χ2n) is 6.32. The van der Waals surface area contributed by atoms with Crippen LogP contribution in [0.15, 0.2) is 0 Å². The predicted octanol–water partition coefficient (Wildman–Crippen LogP) is 1.83. The number of nitrogens with zero attached hydrogens (tertiary/aromatic N) is 3. The lowest BCUT2D eigenvalue weighted by Gasteiger charge is -2.38.